The molecule has 1 spiro atoms. The molecule has 4 aliphatic carbocycles. The summed E-state index contributed by atoms with van der Waals surface area (Å²) >= 11 is 0. The number of nitriles is 1. The highest BCUT2D eigenvalue weighted by Crippen LogP contribution is 2.71. The lowest BCUT2D eigenvalue weighted by atomic mass is 9.49. The lowest BCUT2D eigenvalue weighted by molar-refractivity contribution is -0.362. The van der Waals surface area contributed by atoms with Crippen LogP contribution in [0.3, 0.4) is 0 Å². The van der Waals surface area contributed by atoms with Gasteiger partial charge in [0.05, 0.1) is 24.9 Å². The van der Waals surface area contributed by atoms with E-state index in [1.165, 1.54) is 6.92 Å². The highest BCUT2D eigenvalue weighted by molar-refractivity contribution is 5.45. The molecule has 6 atom stereocenters. The van der Waals surface area contributed by atoms with E-state index < -0.39 is 52.8 Å². The van der Waals surface area contributed by atoms with Gasteiger partial charge in [-0.05, 0) is 73.5 Å². The number of hydrogen-bond acceptors (Lipinski definition) is 5. The van der Waals surface area contributed by atoms with Gasteiger partial charge in [-0.3, -0.25) is 0 Å². The normalized spacial score (nSPS) is 38.1. The number of benzene rings is 1. The van der Waals surface area contributed by atoms with Crippen LogP contribution >= 0.6 is 0 Å². The number of alkyl halides is 5. The van der Waals surface area contributed by atoms with Crippen molar-refractivity contribution in [1.82, 2.24) is 0 Å². The molecule has 4 fully saturated rings. The number of halogens is 5. The van der Waals surface area contributed by atoms with Gasteiger partial charge in [-0.25, -0.2) is 0 Å². The predicted molar refractivity (Wildman–Crippen MR) is 151 cm³/mol. The minimum absolute atomic E-state index is 0.0452. The maximum atomic E-state index is 15.3. The largest absolute Gasteiger partial charge is 0.456 e. The van der Waals surface area contributed by atoms with Gasteiger partial charge < -0.3 is 19.7 Å². The van der Waals surface area contributed by atoms with Crippen LogP contribution in [0.15, 0.2) is 35.4 Å². The second-order valence-electron chi connectivity index (χ2n) is 15.1. The molecule has 44 heavy (non-hydrogen) atoms. The number of ether oxygens (including phenoxy) is 2. The van der Waals surface area contributed by atoms with Crippen molar-refractivity contribution in [2.24, 2.45) is 22.7 Å². The maximum absolute atomic E-state index is 15.3. The van der Waals surface area contributed by atoms with Crippen LogP contribution in [-0.4, -0.2) is 52.5 Å². The van der Waals surface area contributed by atoms with E-state index in [1.54, 1.807) is 0 Å². The summed E-state index contributed by atoms with van der Waals surface area (Å²) in [5.41, 5.74) is -2.97. The standard InChI is InChI=1S/C34H42F5NO4/c1-28(2)19-43-31(44-20-28)14-11-26-27-23(10-13-30(26,41)18-31)25-12-15-32(42,33(35,36)34(37,38)39)29(25,3)17-24(27)22-8-6-21(7-9-22)5-4-16-40/h6-9,23-25,41-42H,4-5,10-15,17-20H2,1-3H3/t23?,24-,25?,29?,30?,32?/m1/s1. The molecule has 5 nitrogen and oxygen atoms in total. The van der Waals surface area contributed by atoms with E-state index in [0.717, 1.165) is 22.3 Å². The molecule has 0 bridgehead atoms. The van der Waals surface area contributed by atoms with E-state index in [0.29, 0.717) is 51.7 Å². The summed E-state index contributed by atoms with van der Waals surface area (Å²) in [5.74, 6) is -7.73. The van der Waals surface area contributed by atoms with Gasteiger partial charge >= 0.3 is 12.1 Å². The van der Waals surface area contributed by atoms with Gasteiger partial charge in [0, 0.05) is 36.0 Å². The third-order valence-corrected chi connectivity index (χ3v) is 11.8. The SMILES string of the molecule is CC1(C)COC2(CCC3=C4C(CCC3(O)C2)C2CCC(O)(C(F)(F)C(F)(F)F)C2(C)C[C@@H]4c2ccc(CCC#N)cc2)OC1. The number of aliphatic hydroxyl groups is 2. The summed E-state index contributed by atoms with van der Waals surface area (Å²) < 4.78 is 84.6. The van der Waals surface area contributed by atoms with Crippen LogP contribution in [0.4, 0.5) is 22.0 Å². The van der Waals surface area contributed by atoms with Crippen molar-refractivity contribution in [3.8, 4) is 6.07 Å². The molecule has 0 aromatic heterocycles. The van der Waals surface area contributed by atoms with Gasteiger partial charge in [-0.1, -0.05) is 50.6 Å². The summed E-state index contributed by atoms with van der Waals surface area (Å²) in [4.78, 5) is 0. The molecule has 10 heteroatoms. The Morgan fingerprint density at radius 2 is 1.61 bits per heavy atom. The Hall–Kier alpha value is -2.06. The molecule has 1 heterocycles. The van der Waals surface area contributed by atoms with Crippen LogP contribution in [-0.2, 0) is 15.9 Å². The van der Waals surface area contributed by atoms with Crippen molar-refractivity contribution in [2.45, 2.75) is 120 Å². The van der Waals surface area contributed by atoms with Gasteiger partial charge in [0.2, 0.25) is 0 Å². The highest BCUT2D eigenvalue weighted by Gasteiger charge is 2.79. The van der Waals surface area contributed by atoms with E-state index in [1.807, 2.05) is 24.3 Å². The first-order valence-electron chi connectivity index (χ1n) is 15.8. The van der Waals surface area contributed by atoms with Gasteiger partial charge in [0.25, 0.3) is 0 Å². The topological polar surface area (TPSA) is 82.7 Å². The summed E-state index contributed by atoms with van der Waals surface area (Å²) in [6.45, 7) is 6.50. The van der Waals surface area contributed by atoms with E-state index in [9.17, 15) is 23.4 Å². The molecule has 3 saturated carbocycles. The molecule has 242 valence electrons. The van der Waals surface area contributed by atoms with Crippen LogP contribution in [0, 0.1) is 34.0 Å². The monoisotopic (exact) mass is 623 g/mol. The summed E-state index contributed by atoms with van der Waals surface area (Å²) in [5, 5.41) is 32.7. The Balaban J connectivity index is 1.44. The molecule has 1 aromatic carbocycles. The molecule has 0 radical (unpaired) electrons. The predicted octanol–water partition coefficient (Wildman–Crippen LogP) is 7.37. The molecule has 6 rings (SSSR count). The lowest BCUT2D eigenvalue weighted by Crippen LogP contribution is -2.65. The zero-order valence-electron chi connectivity index (χ0n) is 25.6. The minimum atomic E-state index is -5.89. The molecule has 2 N–H and O–H groups in total. The first kappa shape index (κ1) is 31.9. The third kappa shape index (κ3) is 4.66. The van der Waals surface area contributed by atoms with Crippen LogP contribution < -0.4 is 0 Å². The molecule has 0 amide bonds. The average Bonchev–Trinajstić information content (AvgIpc) is 3.24. The van der Waals surface area contributed by atoms with Crippen LogP contribution in [0.1, 0.15) is 95.6 Å². The Morgan fingerprint density at radius 3 is 2.23 bits per heavy atom. The van der Waals surface area contributed by atoms with Crippen molar-refractivity contribution >= 4 is 0 Å². The number of rotatable bonds is 4. The van der Waals surface area contributed by atoms with E-state index in [2.05, 4.69) is 19.9 Å². The quantitative estimate of drug-likeness (QED) is 0.271. The molecule has 5 aliphatic rings. The Morgan fingerprint density at radius 1 is 0.955 bits per heavy atom. The van der Waals surface area contributed by atoms with Gasteiger partial charge in [0.15, 0.2) is 5.79 Å². The van der Waals surface area contributed by atoms with Crippen LogP contribution in [0.25, 0.3) is 0 Å². The molecule has 5 unspecified atom stereocenters. The van der Waals surface area contributed by atoms with E-state index >= 15 is 8.78 Å². The van der Waals surface area contributed by atoms with Crippen LogP contribution in [0.2, 0.25) is 0 Å². The Labute approximate surface area is 255 Å². The number of hydrogen-bond donors (Lipinski definition) is 2. The fraction of sp³-hybridized carbons (Fsp3) is 0.735. The highest BCUT2D eigenvalue weighted by atomic mass is 19.4. The number of allylic oxidation sites excluding steroid dienone is 1. The lowest BCUT2D eigenvalue weighted by Gasteiger charge is -2.59. The molecule has 1 aliphatic heterocycles. The summed E-state index contributed by atoms with van der Waals surface area (Å²) in [6, 6.07) is 9.55. The fourth-order valence-corrected chi connectivity index (χ4v) is 9.42. The minimum Gasteiger partial charge on any atom is -0.385 e. The Kier molecular flexibility index (Phi) is 7.41. The van der Waals surface area contributed by atoms with Gasteiger partial charge in [-0.2, -0.15) is 27.2 Å². The van der Waals surface area contributed by atoms with Gasteiger partial charge in [-0.15, -0.1) is 0 Å². The number of nitrogens with zero attached hydrogens (tertiary/aromatic N) is 1. The summed E-state index contributed by atoms with van der Waals surface area (Å²) in [7, 11) is 0. The van der Waals surface area contributed by atoms with E-state index in [-0.39, 0.29) is 30.6 Å². The van der Waals surface area contributed by atoms with Crippen molar-refractivity contribution in [2.75, 3.05) is 13.2 Å². The molecule has 1 aromatic rings. The first-order chi connectivity index (χ1) is 20.4. The second-order valence-corrected chi connectivity index (χ2v) is 15.1. The number of aryl methyl sites for hydroxylation is 1. The van der Waals surface area contributed by atoms with Crippen molar-refractivity contribution in [3.63, 3.8) is 0 Å². The zero-order chi connectivity index (χ0) is 32.0. The molecular formula is C34H42F5NO4. The van der Waals surface area contributed by atoms with Crippen molar-refractivity contribution < 1.29 is 41.6 Å². The second kappa shape index (κ2) is 10.2. The summed E-state index contributed by atoms with van der Waals surface area (Å²) in [6.07, 6.45) is -3.81. The molecular weight excluding hydrogens is 581 g/mol. The third-order valence-electron chi connectivity index (χ3n) is 11.8. The van der Waals surface area contributed by atoms with Crippen LogP contribution in [0.5, 0.6) is 0 Å². The average molecular weight is 624 g/mol. The van der Waals surface area contributed by atoms with E-state index in [4.69, 9.17) is 14.7 Å². The zero-order valence-corrected chi connectivity index (χ0v) is 25.6. The number of fused-ring (bicyclic) bond motifs is 4. The van der Waals surface area contributed by atoms with Crippen molar-refractivity contribution in [3.05, 3.63) is 46.5 Å². The maximum Gasteiger partial charge on any atom is 0.456 e. The fourth-order valence-electron chi connectivity index (χ4n) is 9.42. The molecule has 1 saturated heterocycles. The first-order valence-corrected chi connectivity index (χ1v) is 15.8. The smallest absolute Gasteiger partial charge is 0.385 e. The Bertz CT molecular complexity index is 1360. The van der Waals surface area contributed by atoms with Crippen molar-refractivity contribution in [1.29, 1.82) is 5.26 Å². The van der Waals surface area contributed by atoms with Gasteiger partial charge in [0.1, 0.15) is 5.60 Å².